The topological polar surface area (TPSA) is 56.8 Å². The first-order valence-electron chi connectivity index (χ1n) is 9.61. The van der Waals surface area contributed by atoms with Crippen LogP contribution in [-0.2, 0) is 6.61 Å². The van der Waals surface area contributed by atoms with Crippen molar-refractivity contribution in [3.05, 3.63) is 77.9 Å². The fraction of sp³-hybridized carbons (Fsp3) is 0.208. The highest BCUT2D eigenvalue weighted by atomic mass is 32.2. The van der Waals surface area contributed by atoms with Gasteiger partial charge in [-0.3, -0.25) is 4.79 Å². The minimum absolute atomic E-state index is 0.185. The summed E-state index contributed by atoms with van der Waals surface area (Å²) in [6.07, 6.45) is 2.00. The Morgan fingerprint density at radius 1 is 0.933 bits per heavy atom. The molecule has 3 rings (SSSR count). The van der Waals surface area contributed by atoms with E-state index in [0.29, 0.717) is 29.4 Å². The van der Waals surface area contributed by atoms with Gasteiger partial charge in [0.2, 0.25) is 0 Å². The van der Waals surface area contributed by atoms with Gasteiger partial charge in [-0.05, 0) is 61.7 Å². The molecule has 3 aromatic carbocycles. The Hall–Kier alpha value is -3.12. The molecule has 30 heavy (non-hydrogen) atoms. The van der Waals surface area contributed by atoms with Gasteiger partial charge in [-0.2, -0.15) is 0 Å². The van der Waals surface area contributed by atoms with Crippen LogP contribution in [0.25, 0.3) is 0 Å². The van der Waals surface area contributed by atoms with Crippen molar-refractivity contribution in [2.45, 2.75) is 18.4 Å². The van der Waals surface area contributed by atoms with Crippen molar-refractivity contribution < 1.29 is 19.0 Å². The van der Waals surface area contributed by atoms with E-state index in [9.17, 15) is 4.79 Å². The summed E-state index contributed by atoms with van der Waals surface area (Å²) in [7, 11) is 1.60. The number of hydrogen-bond acceptors (Lipinski definition) is 5. The molecule has 0 fully saturated rings. The molecule has 0 unspecified atom stereocenters. The molecular weight excluding hydrogens is 398 g/mol. The first-order chi connectivity index (χ1) is 14.6. The van der Waals surface area contributed by atoms with Gasteiger partial charge in [0.05, 0.1) is 13.7 Å². The number of carbonyl (C=O) groups excluding carboxylic acids is 1. The summed E-state index contributed by atoms with van der Waals surface area (Å²) >= 11 is 1.63. The largest absolute Gasteiger partial charge is 0.493 e. The minimum Gasteiger partial charge on any atom is -0.493 e. The number of hydrogen-bond donors (Lipinski definition) is 1. The Bertz CT molecular complexity index is 1010. The molecule has 0 radical (unpaired) electrons. The Morgan fingerprint density at radius 2 is 1.73 bits per heavy atom. The number of anilines is 1. The van der Waals surface area contributed by atoms with E-state index in [4.69, 9.17) is 14.2 Å². The molecule has 0 atom stereocenters. The maximum Gasteiger partial charge on any atom is 0.255 e. The van der Waals surface area contributed by atoms with Crippen molar-refractivity contribution in [1.29, 1.82) is 0 Å². The molecule has 3 aromatic rings. The van der Waals surface area contributed by atoms with Crippen LogP contribution in [0.15, 0.2) is 71.6 Å². The van der Waals surface area contributed by atoms with Gasteiger partial charge in [-0.25, -0.2) is 0 Å². The molecule has 0 aromatic heterocycles. The van der Waals surface area contributed by atoms with Crippen molar-refractivity contribution in [1.82, 2.24) is 0 Å². The summed E-state index contributed by atoms with van der Waals surface area (Å²) in [6, 6.07) is 20.6. The van der Waals surface area contributed by atoms with E-state index in [-0.39, 0.29) is 12.5 Å². The van der Waals surface area contributed by atoms with Gasteiger partial charge in [-0.1, -0.05) is 18.2 Å². The van der Waals surface area contributed by atoms with E-state index in [1.165, 1.54) is 0 Å². The third-order valence-corrected chi connectivity index (χ3v) is 5.13. The van der Waals surface area contributed by atoms with Crippen LogP contribution in [0.1, 0.15) is 22.8 Å². The van der Waals surface area contributed by atoms with E-state index >= 15 is 0 Å². The molecular formula is C24H25NO4S. The summed E-state index contributed by atoms with van der Waals surface area (Å²) in [5.74, 6) is 1.78. The molecule has 0 aliphatic carbocycles. The predicted octanol–water partition coefficient (Wildman–Crippen LogP) is 5.65. The Kier molecular flexibility index (Phi) is 7.63. The van der Waals surface area contributed by atoms with Crippen LogP contribution in [0.5, 0.6) is 17.2 Å². The second kappa shape index (κ2) is 10.6. The van der Waals surface area contributed by atoms with E-state index in [2.05, 4.69) is 5.32 Å². The lowest BCUT2D eigenvalue weighted by Crippen LogP contribution is -2.13. The second-order valence-corrected chi connectivity index (χ2v) is 7.26. The number of ether oxygens (including phenoxy) is 3. The number of para-hydroxylation sites is 2. The number of nitrogens with one attached hydrogen (secondary N) is 1. The normalized spacial score (nSPS) is 10.4. The first-order valence-corrected chi connectivity index (χ1v) is 10.8. The molecule has 5 nitrogen and oxygen atoms in total. The lowest BCUT2D eigenvalue weighted by molar-refractivity contribution is 0.102. The monoisotopic (exact) mass is 423 g/mol. The van der Waals surface area contributed by atoms with Gasteiger partial charge >= 0.3 is 0 Å². The quantitative estimate of drug-likeness (QED) is 0.451. The van der Waals surface area contributed by atoms with Gasteiger partial charge in [0.15, 0.2) is 11.5 Å². The molecule has 0 saturated heterocycles. The van der Waals surface area contributed by atoms with Crippen molar-refractivity contribution in [2.75, 3.05) is 25.3 Å². The van der Waals surface area contributed by atoms with Gasteiger partial charge < -0.3 is 19.5 Å². The fourth-order valence-electron chi connectivity index (χ4n) is 2.93. The Labute approximate surface area is 181 Å². The maximum absolute atomic E-state index is 12.8. The van der Waals surface area contributed by atoms with E-state index in [1.807, 2.05) is 61.7 Å². The van der Waals surface area contributed by atoms with Gasteiger partial charge in [0, 0.05) is 21.7 Å². The zero-order chi connectivity index (χ0) is 21.3. The molecule has 1 amide bonds. The van der Waals surface area contributed by atoms with Crippen LogP contribution in [0.3, 0.4) is 0 Å². The lowest BCUT2D eigenvalue weighted by atomic mass is 10.1. The highest BCUT2D eigenvalue weighted by Gasteiger charge is 2.13. The highest BCUT2D eigenvalue weighted by molar-refractivity contribution is 7.98. The highest BCUT2D eigenvalue weighted by Crippen LogP contribution is 2.29. The molecule has 0 aliphatic heterocycles. The molecule has 0 saturated carbocycles. The summed E-state index contributed by atoms with van der Waals surface area (Å²) in [5.41, 5.74) is 2.08. The maximum atomic E-state index is 12.8. The van der Waals surface area contributed by atoms with Crippen molar-refractivity contribution in [2.24, 2.45) is 0 Å². The van der Waals surface area contributed by atoms with Gasteiger partial charge in [0.25, 0.3) is 5.91 Å². The molecule has 0 bridgehead atoms. The van der Waals surface area contributed by atoms with Gasteiger partial charge in [0.1, 0.15) is 12.4 Å². The predicted molar refractivity (Wildman–Crippen MR) is 121 cm³/mol. The van der Waals surface area contributed by atoms with Crippen molar-refractivity contribution in [3.63, 3.8) is 0 Å². The minimum atomic E-state index is -0.185. The number of methoxy groups -OCH3 is 1. The zero-order valence-corrected chi connectivity index (χ0v) is 18.1. The SMILES string of the molecule is CCOc1ccc(C(=O)Nc2cccc(SC)c2)cc1COc1ccccc1OC. The molecule has 6 heteroatoms. The zero-order valence-electron chi connectivity index (χ0n) is 17.3. The van der Waals surface area contributed by atoms with Crippen LogP contribution in [-0.4, -0.2) is 25.9 Å². The average Bonchev–Trinajstić information content (AvgIpc) is 2.78. The number of carbonyl (C=O) groups is 1. The van der Waals surface area contributed by atoms with Crippen LogP contribution in [0.2, 0.25) is 0 Å². The van der Waals surface area contributed by atoms with Crippen molar-refractivity contribution >= 4 is 23.4 Å². The third-order valence-electron chi connectivity index (χ3n) is 4.40. The summed E-state index contributed by atoms with van der Waals surface area (Å²) < 4.78 is 17.0. The number of thioether (sulfide) groups is 1. The van der Waals surface area contributed by atoms with Crippen LogP contribution in [0, 0.1) is 0 Å². The molecule has 156 valence electrons. The second-order valence-electron chi connectivity index (χ2n) is 6.38. The molecule has 1 N–H and O–H groups in total. The average molecular weight is 424 g/mol. The Morgan fingerprint density at radius 3 is 2.47 bits per heavy atom. The number of rotatable bonds is 9. The smallest absolute Gasteiger partial charge is 0.255 e. The van der Waals surface area contributed by atoms with Gasteiger partial charge in [-0.15, -0.1) is 11.8 Å². The molecule has 0 heterocycles. The third kappa shape index (κ3) is 5.48. The molecule has 0 spiro atoms. The van der Waals surface area contributed by atoms with Crippen LogP contribution >= 0.6 is 11.8 Å². The standard InChI is InChI=1S/C24H25NO4S/c1-4-28-21-13-12-17(24(26)25-19-8-7-9-20(15-19)30-3)14-18(21)16-29-23-11-6-5-10-22(23)27-2/h5-15H,4,16H2,1-3H3,(H,25,26). The van der Waals surface area contributed by atoms with E-state index < -0.39 is 0 Å². The fourth-order valence-corrected chi connectivity index (χ4v) is 3.39. The Balaban J connectivity index is 1.80. The van der Waals surface area contributed by atoms with E-state index in [0.717, 1.165) is 16.1 Å². The lowest BCUT2D eigenvalue weighted by Gasteiger charge is -2.15. The number of amides is 1. The summed E-state index contributed by atoms with van der Waals surface area (Å²) in [5, 5.41) is 2.95. The van der Waals surface area contributed by atoms with Crippen molar-refractivity contribution in [3.8, 4) is 17.2 Å². The first kappa shape index (κ1) is 21.6. The summed E-state index contributed by atoms with van der Waals surface area (Å²) in [6.45, 7) is 2.69. The van der Waals surface area contributed by atoms with Crippen LogP contribution in [0.4, 0.5) is 5.69 Å². The van der Waals surface area contributed by atoms with E-state index in [1.54, 1.807) is 37.1 Å². The summed E-state index contributed by atoms with van der Waals surface area (Å²) in [4.78, 5) is 13.9. The van der Waals surface area contributed by atoms with Crippen LogP contribution < -0.4 is 19.5 Å². The number of benzene rings is 3. The molecule has 0 aliphatic rings.